The van der Waals surface area contributed by atoms with Crippen molar-refractivity contribution in [3.63, 3.8) is 0 Å². The van der Waals surface area contributed by atoms with Crippen molar-refractivity contribution in [2.24, 2.45) is 7.05 Å². The average Bonchev–Trinajstić information content (AvgIpc) is 3.31. The molecule has 0 unspecified atom stereocenters. The van der Waals surface area contributed by atoms with Gasteiger partial charge < -0.3 is 10.5 Å². The summed E-state index contributed by atoms with van der Waals surface area (Å²) in [7, 11) is 3.07. The van der Waals surface area contributed by atoms with Gasteiger partial charge in [-0.05, 0) is 26.2 Å². The van der Waals surface area contributed by atoms with Crippen LogP contribution in [0.2, 0.25) is 0 Å². The third kappa shape index (κ3) is 3.63. The Morgan fingerprint density at radius 2 is 2.07 bits per heavy atom. The second-order valence-corrected chi connectivity index (χ2v) is 5.96. The van der Waals surface area contributed by atoms with Crippen molar-refractivity contribution in [1.29, 1.82) is 0 Å². The van der Waals surface area contributed by atoms with Crippen LogP contribution in [0, 0.1) is 0 Å². The molecule has 15 heteroatoms. The number of amides is 2. The van der Waals surface area contributed by atoms with Gasteiger partial charge in [-0.3, -0.25) is 25.1 Å². The number of nitrogens with two attached hydrogens (primary N) is 1. The maximum atomic E-state index is 12.6. The molecule has 0 saturated heterocycles. The number of aryl methyl sites for hydroxylation is 1. The quantitative estimate of drug-likeness (QED) is 0.413. The van der Waals surface area contributed by atoms with Crippen molar-refractivity contribution in [3.8, 4) is 5.82 Å². The maximum Gasteiger partial charge on any atom is 0.291 e. The summed E-state index contributed by atoms with van der Waals surface area (Å²) >= 11 is 3.20. The molecule has 4 N–H and O–H groups in total. The number of hydrogen-bond donors (Lipinski definition) is 3. The van der Waals surface area contributed by atoms with Gasteiger partial charge in [0.05, 0.1) is 11.1 Å². The van der Waals surface area contributed by atoms with E-state index >= 15 is 0 Å². The van der Waals surface area contributed by atoms with Crippen LogP contribution in [0.5, 0.6) is 0 Å². The van der Waals surface area contributed by atoms with E-state index in [1.807, 2.05) is 0 Å². The van der Waals surface area contributed by atoms with Gasteiger partial charge in [0.25, 0.3) is 11.8 Å². The number of ether oxygens (including phenoxy) is 1. The van der Waals surface area contributed by atoms with Crippen molar-refractivity contribution < 1.29 is 19.0 Å². The summed E-state index contributed by atoms with van der Waals surface area (Å²) in [6, 6.07) is 0. The van der Waals surface area contributed by atoms with Crippen LogP contribution < -0.4 is 16.6 Å². The third-order valence-electron chi connectivity index (χ3n) is 3.22. The molecule has 27 heavy (non-hydrogen) atoms. The number of carbonyl (C=O) groups is 2. The topological polar surface area (TPSA) is 181 Å². The first-order chi connectivity index (χ1) is 12.9. The van der Waals surface area contributed by atoms with Gasteiger partial charge in [0.15, 0.2) is 11.4 Å². The molecule has 0 fully saturated rings. The van der Waals surface area contributed by atoms with Gasteiger partial charge in [-0.15, -0.1) is 5.10 Å². The van der Waals surface area contributed by atoms with E-state index in [4.69, 9.17) is 10.5 Å². The highest BCUT2D eigenvalue weighted by atomic mass is 79.9. The van der Waals surface area contributed by atoms with Crippen LogP contribution in [0.1, 0.15) is 26.7 Å². The summed E-state index contributed by atoms with van der Waals surface area (Å²) in [5.41, 5.74) is 10.4. The molecule has 3 rings (SSSR count). The van der Waals surface area contributed by atoms with Crippen molar-refractivity contribution in [1.82, 2.24) is 45.9 Å². The number of halogens is 1. The zero-order chi connectivity index (χ0) is 19.6. The van der Waals surface area contributed by atoms with Crippen molar-refractivity contribution in [3.05, 3.63) is 27.8 Å². The van der Waals surface area contributed by atoms with E-state index in [9.17, 15) is 9.59 Å². The Bertz CT molecular complexity index is 992. The third-order valence-corrected chi connectivity index (χ3v) is 3.80. The van der Waals surface area contributed by atoms with Gasteiger partial charge in [-0.25, -0.2) is 4.63 Å². The van der Waals surface area contributed by atoms with Crippen molar-refractivity contribution in [2.75, 3.05) is 12.8 Å². The van der Waals surface area contributed by atoms with E-state index < -0.39 is 11.8 Å². The smallest absolute Gasteiger partial charge is 0.291 e. The Balaban J connectivity index is 1.83. The molecular formula is C12H13BrN10O4. The number of methoxy groups -OCH3 is 1. The fourth-order valence-corrected chi connectivity index (χ4v) is 2.66. The lowest BCUT2D eigenvalue weighted by Crippen LogP contribution is -2.43. The SMILES string of the molecule is COCc1nnn(-c2nonc2N)c1C(=O)NNC(=O)c1nn(C)cc1Br. The van der Waals surface area contributed by atoms with E-state index in [1.165, 1.54) is 11.8 Å². The number of hydrazine groups is 1. The van der Waals surface area contributed by atoms with Gasteiger partial charge >= 0.3 is 0 Å². The van der Waals surface area contributed by atoms with Crippen LogP contribution >= 0.6 is 15.9 Å². The van der Waals surface area contributed by atoms with E-state index in [1.54, 1.807) is 13.2 Å². The number of aromatic nitrogens is 7. The van der Waals surface area contributed by atoms with Crippen LogP contribution in [0.15, 0.2) is 15.3 Å². The normalized spacial score (nSPS) is 10.8. The number of rotatable bonds is 5. The summed E-state index contributed by atoms with van der Waals surface area (Å²) in [4.78, 5) is 24.8. The first-order valence-corrected chi connectivity index (χ1v) is 8.03. The molecule has 3 aromatic heterocycles. The molecule has 0 spiro atoms. The minimum atomic E-state index is -0.741. The van der Waals surface area contributed by atoms with E-state index in [0.29, 0.717) is 4.47 Å². The highest BCUT2D eigenvalue weighted by molar-refractivity contribution is 9.10. The molecule has 2 amide bonds. The molecule has 3 heterocycles. The first kappa shape index (κ1) is 18.5. The predicted octanol–water partition coefficient (Wildman–Crippen LogP) is -1.05. The van der Waals surface area contributed by atoms with Crippen molar-refractivity contribution >= 4 is 33.6 Å². The van der Waals surface area contributed by atoms with Gasteiger partial charge in [0, 0.05) is 20.4 Å². The predicted molar refractivity (Wildman–Crippen MR) is 90.2 cm³/mol. The fourth-order valence-electron chi connectivity index (χ4n) is 2.11. The number of carbonyl (C=O) groups excluding carboxylic acids is 2. The van der Waals surface area contributed by atoms with Gasteiger partial charge in [0.1, 0.15) is 5.69 Å². The zero-order valence-corrected chi connectivity index (χ0v) is 15.6. The fraction of sp³-hybridized carbons (Fsp3) is 0.250. The van der Waals surface area contributed by atoms with E-state index in [2.05, 4.69) is 57.1 Å². The monoisotopic (exact) mass is 440 g/mol. The summed E-state index contributed by atoms with van der Waals surface area (Å²) < 4.78 is 12.4. The van der Waals surface area contributed by atoms with Crippen LogP contribution in [0.3, 0.4) is 0 Å². The van der Waals surface area contributed by atoms with Crippen LogP contribution in [-0.2, 0) is 18.4 Å². The Morgan fingerprint density at radius 1 is 1.33 bits per heavy atom. The highest BCUT2D eigenvalue weighted by Gasteiger charge is 2.26. The molecule has 0 aromatic carbocycles. The lowest BCUT2D eigenvalue weighted by molar-refractivity contribution is 0.0836. The van der Waals surface area contributed by atoms with Gasteiger partial charge in [0.2, 0.25) is 11.6 Å². The Kier molecular flexibility index (Phi) is 5.13. The molecular weight excluding hydrogens is 428 g/mol. The maximum absolute atomic E-state index is 12.6. The number of nitrogens with zero attached hydrogens (tertiary/aromatic N) is 7. The highest BCUT2D eigenvalue weighted by Crippen LogP contribution is 2.16. The number of hydrogen-bond acceptors (Lipinski definition) is 10. The average molecular weight is 441 g/mol. The molecule has 0 bridgehead atoms. The van der Waals surface area contributed by atoms with E-state index in [0.717, 1.165) is 4.68 Å². The first-order valence-electron chi connectivity index (χ1n) is 7.24. The Labute approximate surface area is 159 Å². The molecule has 14 nitrogen and oxygen atoms in total. The van der Waals surface area contributed by atoms with Gasteiger partial charge in [-0.2, -0.15) is 9.78 Å². The molecule has 0 saturated carbocycles. The van der Waals surface area contributed by atoms with Crippen LogP contribution in [0.25, 0.3) is 5.82 Å². The number of nitrogen functional groups attached to an aromatic ring is 1. The second-order valence-electron chi connectivity index (χ2n) is 5.11. The molecule has 0 aliphatic carbocycles. The molecule has 142 valence electrons. The van der Waals surface area contributed by atoms with E-state index in [-0.39, 0.29) is 35.3 Å². The standard InChI is InChI=1S/C12H13BrN10O4/c1-22-3-5(13)7(18-22)11(24)16-17-12(25)8-6(4-26-2)15-21-23(8)10-9(14)19-27-20-10/h3H,4H2,1-2H3,(H2,14,19)(H,16,24)(H,17,25). The number of nitrogens with one attached hydrogen (secondary N) is 2. The van der Waals surface area contributed by atoms with Crippen LogP contribution in [0.4, 0.5) is 5.82 Å². The minimum Gasteiger partial charge on any atom is -0.378 e. The zero-order valence-electron chi connectivity index (χ0n) is 14.0. The van der Waals surface area contributed by atoms with Gasteiger partial charge in [-0.1, -0.05) is 5.21 Å². The molecule has 3 aromatic rings. The summed E-state index contributed by atoms with van der Waals surface area (Å²) in [5, 5.41) is 18.7. The second kappa shape index (κ2) is 7.50. The Hall–Kier alpha value is -3.33. The molecule has 0 radical (unpaired) electrons. The molecule has 0 aliphatic heterocycles. The summed E-state index contributed by atoms with van der Waals surface area (Å²) in [6.45, 7) is -0.0202. The summed E-state index contributed by atoms with van der Waals surface area (Å²) in [6.07, 6.45) is 1.59. The largest absolute Gasteiger partial charge is 0.378 e. The molecule has 0 aliphatic rings. The lowest BCUT2D eigenvalue weighted by atomic mass is 10.3. The number of anilines is 1. The van der Waals surface area contributed by atoms with Crippen LogP contribution in [-0.4, -0.2) is 54.0 Å². The molecule has 0 atom stereocenters. The Morgan fingerprint density at radius 3 is 2.67 bits per heavy atom. The minimum absolute atomic E-state index is 0.0202. The lowest BCUT2D eigenvalue weighted by Gasteiger charge is -2.08. The van der Waals surface area contributed by atoms with Crippen molar-refractivity contribution in [2.45, 2.75) is 6.61 Å². The summed E-state index contributed by atoms with van der Waals surface area (Å²) in [5.74, 6) is -1.51.